The van der Waals surface area contributed by atoms with Crippen molar-refractivity contribution in [2.75, 3.05) is 0 Å². The van der Waals surface area contributed by atoms with Gasteiger partial charge in [-0.15, -0.1) is 0 Å². The molecule has 3 atom stereocenters. The van der Waals surface area contributed by atoms with E-state index in [1.807, 2.05) is 6.08 Å². The molecule has 0 aromatic rings. The Kier molecular flexibility index (Phi) is 2.01. The molecule has 0 spiro atoms. The van der Waals surface area contributed by atoms with E-state index in [0.717, 1.165) is 19.3 Å². The van der Waals surface area contributed by atoms with E-state index in [0.29, 0.717) is 12.3 Å². The summed E-state index contributed by atoms with van der Waals surface area (Å²) in [7, 11) is 0. The van der Waals surface area contributed by atoms with E-state index in [4.69, 9.17) is 0 Å². The molecule has 1 fully saturated rings. The maximum atomic E-state index is 11.1. The number of carbonyl (C=O) groups excluding carboxylic acids is 1. The zero-order valence-electron chi connectivity index (χ0n) is 7.07. The molecule has 2 rings (SSSR count). The third kappa shape index (κ3) is 1.31. The largest absolute Gasteiger partial charge is 0.393 e. The van der Waals surface area contributed by atoms with Crippen LogP contribution < -0.4 is 0 Å². The normalized spacial score (nSPS) is 41.1. The Morgan fingerprint density at radius 2 is 2.25 bits per heavy atom. The molecule has 66 valence electrons. The molecule has 0 aromatic heterocycles. The summed E-state index contributed by atoms with van der Waals surface area (Å²) in [5.41, 5.74) is 0. The third-order valence-corrected chi connectivity index (χ3v) is 3.05. The summed E-state index contributed by atoms with van der Waals surface area (Å²) in [6, 6.07) is 0. The molecular weight excluding hydrogens is 152 g/mol. The lowest BCUT2D eigenvalue weighted by atomic mass is 9.72. The first kappa shape index (κ1) is 7.99. The van der Waals surface area contributed by atoms with E-state index in [2.05, 4.69) is 0 Å². The van der Waals surface area contributed by atoms with Crippen LogP contribution in [0, 0.1) is 11.8 Å². The van der Waals surface area contributed by atoms with E-state index in [1.165, 1.54) is 0 Å². The van der Waals surface area contributed by atoms with Crippen molar-refractivity contribution in [1.82, 2.24) is 0 Å². The number of allylic oxidation sites excluding steroid dienone is 2. The fraction of sp³-hybridized carbons (Fsp3) is 0.700. The predicted molar refractivity (Wildman–Crippen MR) is 45.6 cm³/mol. The van der Waals surface area contributed by atoms with Crippen LogP contribution in [-0.4, -0.2) is 17.0 Å². The molecular formula is C10H14O2. The van der Waals surface area contributed by atoms with Gasteiger partial charge in [-0.2, -0.15) is 0 Å². The molecule has 3 unspecified atom stereocenters. The van der Waals surface area contributed by atoms with E-state index < -0.39 is 0 Å². The summed E-state index contributed by atoms with van der Waals surface area (Å²) in [5, 5.41) is 9.64. The summed E-state index contributed by atoms with van der Waals surface area (Å²) in [5.74, 6) is 0.861. The molecule has 2 aliphatic rings. The summed E-state index contributed by atoms with van der Waals surface area (Å²) in [6.07, 6.45) is 7.10. The Hall–Kier alpha value is -0.630. The van der Waals surface area contributed by atoms with Crippen molar-refractivity contribution in [1.29, 1.82) is 0 Å². The average Bonchev–Trinajstić information content (AvgIpc) is 2.07. The van der Waals surface area contributed by atoms with Crippen molar-refractivity contribution in [2.24, 2.45) is 11.8 Å². The molecule has 0 bridgehead atoms. The lowest BCUT2D eigenvalue weighted by Gasteiger charge is -2.35. The minimum atomic E-state index is -0.238. The standard InChI is InChI=1S/C10H14O2/c11-8-5-4-7-2-1-3-10(12)9(7)6-8/h4-5,7,9-10,12H,1-3,6H2. The molecule has 2 nitrogen and oxygen atoms in total. The molecule has 12 heavy (non-hydrogen) atoms. The van der Waals surface area contributed by atoms with Crippen molar-refractivity contribution >= 4 is 5.78 Å². The highest BCUT2D eigenvalue weighted by Crippen LogP contribution is 2.36. The van der Waals surface area contributed by atoms with Crippen LogP contribution in [0.1, 0.15) is 25.7 Å². The fourth-order valence-electron chi connectivity index (χ4n) is 2.33. The van der Waals surface area contributed by atoms with Gasteiger partial charge in [0, 0.05) is 6.42 Å². The van der Waals surface area contributed by atoms with Crippen LogP contribution in [0.2, 0.25) is 0 Å². The van der Waals surface area contributed by atoms with E-state index in [9.17, 15) is 9.90 Å². The topological polar surface area (TPSA) is 37.3 Å². The van der Waals surface area contributed by atoms with Crippen LogP contribution in [0.5, 0.6) is 0 Å². The first-order chi connectivity index (χ1) is 5.77. The number of ketones is 1. The minimum Gasteiger partial charge on any atom is -0.393 e. The van der Waals surface area contributed by atoms with Crippen molar-refractivity contribution in [3.8, 4) is 0 Å². The second-order valence-corrected chi connectivity index (χ2v) is 3.86. The number of hydrogen-bond donors (Lipinski definition) is 1. The molecule has 2 heteroatoms. The molecule has 1 saturated carbocycles. The Morgan fingerprint density at radius 3 is 3.08 bits per heavy atom. The van der Waals surface area contributed by atoms with Gasteiger partial charge in [0.05, 0.1) is 6.10 Å². The molecule has 0 amide bonds. The SMILES string of the molecule is O=C1C=CC2CCCC(O)C2C1. The third-order valence-electron chi connectivity index (χ3n) is 3.05. The number of hydrogen-bond acceptors (Lipinski definition) is 2. The molecule has 0 heterocycles. The second-order valence-electron chi connectivity index (χ2n) is 3.86. The van der Waals surface area contributed by atoms with Gasteiger partial charge in [0.25, 0.3) is 0 Å². The van der Waals surface area contributed by atoms with Crippen LogP contribution in [0.4, 0.5) is 0 Å². The Balaban J connectivity index is 2.15. The zero-order valence-corrected chi connectivity index (χ0v) is 7.07. The molecule has 2 aliphatic carbocycles. The zero-order chi connectivity index (χ0) is 8.55. The maximum absolute atomic E-state index is 11.1. The number of aliphatic hydroxyl groups excluding tert-OH is 1. The van der Waals surface area contributed by atoms with Gasteiger partial charge in [-0.05, 0) is 30.8 Å². The van der Waals surface area contributed by atoms with Crippen molar-refractivity contribution in [2.45, 2.75) is 31.8 Å². The van der Waals surface area contributed by atoms with Gasteiger partial charge in [0.1, 0.15) is 0 Å². The highest BCUT2D eigenvalue weighted by molar-refractivity contribution is 5.90. The number of carbonyl (C=O) groups is 1. The van der Waals surface area contributed by atoms with Gasteiger partial charge >= 0.3 is 0 Å². The van der Waals surface area contributed by atoms with Crippen molar-refractivity contribution in [3.05, 3.63) is 12.2 Å². The van der Waals surface area contributed by atoms with Gasteiger partial charge in [0.15, 0.2) is 5.78 Å². The smallest absolute Gasteiger partial charge is 0.155 e. The van der Waals surface area contributed by atoms with Crippen LogP contribution in [0.15, 0.2) is 12.2 Å². The predicted octanol–water partition coefficient (Wildman–Crippen LogP) is 1.29. The van der Waals surface area contributed by atoms with Crippen LogP contribution in [0.25, 0.3) is 0 Å². The molecule has 0 aliphatic heterocycles. The van der Waals surface area contributed by atoms with Crippen LogP contribution in [-0.2, 0) is 4.79 Å². The average molecular weight is 166 g/mol. The lowest BCUT2D eigenvalue weighted by Crippen LogP contribution is -2.34. The summed E-state index contributed by atoms with van der Waals surface area (Å²) >= 11 is 0. The number of aliphatic hydroxyl groups is 1. The Morgan fingerprint density at radius 1 is 1.42 bits per heavy atom. The van der Waals surface area contributed by atoms with Crippen molar-refractivity contribution in [3.63, 3.8) is 0 Å². The van der Waals surface area contributed by atoms with Gasteiger partial charge in [0.2, 0.25) is 0 Å². The minimum absolute atomic E-state index is 0.178. The molecule has 0 aromatic carbocycles. The Labute approximate surface area is 72.3 Å². The fourth-order valence-corrected chi connectivity index (χ4v) is 2.33. The van der Waals surface area contributed by atoms with Gasteiger partial charge < -0.3 is 5.11 Å². The summed E-state index contributed by atoms with van der Waals surface area (Å²) in [4.78, 5) is 11.1. The van der Waals surface area contributed by atoms with Crippen LogP contribution >= 0.6 is 0 Å². The molecule has 1 N–H and O–H groups in total. The summed E-state index contributed by atoms with van der Waals surface area (Å²) < 4.78 is 0. The lowest BCUT2D eigenvalue weighted by molar-refractivity contribution is -0.118. The quantitative estimate of drug-likeness (QED) is 0.588. The monoisotopic (exact) mass is 166 g/mol. The summed E-state index contributed by atoms with van der Waals surface area (Å²) in [6.45, 7) is 0. The van der Waals surface area contributed by atoms with E-state index in [1.54, 1.807) is 6.08 Å². The number of fused-ring (bicyclic) bond motifs is 1. The number of rotatable bonds is 0. The van der Waals surface area contributed by atoms with Crippen LogP contribution in [0.3, 0.4) is 0 Å². The van der Waals surface area contributed by atoms with E-state index >= 15 is 0 Å². The van der Waals surface area contributed by atoms with Gasteiger partial charge in [-0.25, -0.2) is 0 Å². The highest BCUT2D eigenvalue weighted by Gasteiger charge is 2.33. The first-order valence-electron chi connectivity index (χ1n) is 4.66. The van der Waals surface area contributed by atoms with Crippen molar-refractivity contribution < 1.29 is 9.90 Å². The first-order valence-corrected chi connectivity index (χ1v) is 4.66. The van der Waals surface area contributed by atoms with Gasteiger partial charge in [-0.3, -0.25) is 4.79 Å². The van der Waals surface area contributed by atoms with Gasteiger partial charge in [-0.1, -0.05) is 12.5 Å². The molecule has 0 saturated heterocycles. The molecule has 0 radical (unpaired) electrons. The highest BCUT2D eigenvalue weighted by atomic mass is 16.3. The van der Waals surface area contributed by atoms with E-state index in [-0.39, 0.29) is 17.8 Å². The Bertz CT molecular complexity index is 220. The second kappa shape index (κ2) is 3.02. The maximum Gasteiger partial charge on any atom is 0.155 e.